The molecule has 1 aliphatic heterocycles. The number of nitrogens with zero attached hydrogens (tertiary/aromatic N) is 1. The van der Waals surface area contributed by atoms with Crippen LogP contribution in [0.25, 0.3) is 0 Å². The molecule has 0 aliphatic carbocycles. The third kappa shape index (κ3) is 4.22. The summed E-state index contributed by atoms with van der Waals surface area (Å²) >= 11 is 0. The van der Waals surface area contributed by atoms with Crippen LogP contribution in [0.1, 0.15) is 37.8 Å². The first-order valence-corrected chi connectivity index (χ1v) is 8.97. The lowest BCUT2D eigenvalue weighted by atomic mass is 9.90. The van der Waals surface area contributed by atoms with Gasteiger partial charge in [-0.3, -0.25) is 0 Å². The van der Waals surface area contributed by atoms with Crippen LogP contribution in [0, 0.1) is 0 Å². The predicted molar refractivity (Wildman–Crippen MR) is 100 cm³/mol. The molecule has 3 heteroatoms. The summed E-state index contributed by atoms with van der Waals surface area (Å²) in [5.41, 5.74) is -0.200. The largest absolute Gasteiger partial charge is 0.494 e. The van der Waals surface area contributed by atoms with Gasteiger partial charge in [0.2, 0.25) is 0 Å². The first kappa shape index (κ1) is 17.5. The van der Waals surface area contributed by atoms with Gasteiger partial charge in [-0.2, -0.15) is 0 Å². The second kappa shape index (κ2) is 7.73. The SMILES string of the molecule is C[C@H](CCOc1ccc(C(C)(F)c2ccccc2)cc1)N1C=CCC1. The van der Waals surface area contributed by atoms with E-state index in [0.717, 1.165) is 25.1 Å². The van der Waals surface area contributed by atoms with Gasteiger partial charge in [-0.15, -0.1) is 0 Å². The summed E-state index contributed by atoms with van der Waals surface area (Å²) in [7, 11) is 0. The molecule has 0 fully saturated rings. The molecule has 2 atom stereocenters. The highest BCUT2D eigenvalue weighted by atomic mass is 19.1. The summed E-state index contributed by atoms with van der Waals surface area (Å²) in [5, 5.41) is 0. The van der Waals surface area contributed by atoms with Crippen molar-refractivity contribution < 1.29 is 9.13 Å². The molecule has 0 spiro atoms. The van der Waals surface area contributed by atoms with Crippen LogP contribution in [0.3, 0.4) is 0 Å². The Hall–Kier alpha value is -2.29. The van der Waals surface area contributed by atoms with Gasteiger partial charge in [-0.1, -0.05) is 48.5 Å². The molecule has 1 heterocycles. The molecule has 2 nitrogen and oxygen atoms in total. The molecule has 1 aliphatic rings. The highest BCUT2D eigenvalue weighted by Gasteiger charge is 2.27. The molecule has 0 N–H and O–H groups in total. The molecule has 3 rings (SSSR count). The van der Waals surface area contributed by atoms with E-state index in [9.17, 15) is 0 Å². The van der Waals surface area contributed by atoms with Gasteiger partial charge in [0, 0.05) is 19.0 Å². The fourth-order valence-corrected chi connectivity index (χ4v) is 3.17. The Kier molecular flexibility index (Phi) is 5.42. The van der Waals surface area contributed by atoms with Crippen molar-refractivity contribution in [1.29, 1.82) is 0 Å². The lowest BCUT2D eigenvalue weighted by Crippen LogP contribution is -2.27. The van der Waals surface area contributed by atoms with Crippen LogP contribution in [0.5, 0.6) is 5.75 Å². The highest BCUT2D eigenvalue weighted by molar-refractivity contribution is 5.38. The molecule has 0 aromatic heterocycles. The molecule has 1 unspecified atom stereocenters. The molecule has 2 aromatic carbocycles. The fourth-order valence-electron chi connectivity index (χ4n) is 3.17. The Morgan fingerprint density at radius 1 is 1.08 bits per heavy atom. The summed E-state index contributed by atoms with van der Waals surface area (Å²) in [6.07, 6.45) is 6.48. The third-order valence-corrected chi connectivity index (χ3v) is 4.93. The minimum absolute atomic E-state index is 0.477. The van der Waals surface area contributed by atoms with Crippen molar-refractivity contribution in [3.8, 4) is 5.75 Å². The van der Waals surface area contributed by atoms with Crippen LogP contribution >= 0.6 is 0 Å². The maximum absolute atomic E-state index is 15.2. The van der Waals surface area contributed by atoms with Gasteiger partial charge in [-0.25, -0.2) is 4.39 Å². The summed E-state index contributed by atoms with van der Waals surface area (Å²) < 4.78 is 21.0. The highest BCUT2D eigenvalue weighted by Crippen LogP contribution is 2.34. The summed E-state index contributed by atoms with van der Waals surface area (Å²) in [4.78, 5) is 2.35. The molecule has 0 radical (unpaired) electrons. The Labute approximate surface area is 149 Å². The first-order chi connectivity index (χ1) is 12.1. The van der Waals surface area contributed by atoms with Crippen LogP contribution in [-0.4, -0.2) is 24.1 Å². The van der Waals surface area contributed by atoms with Crippen molar-refractivity contribution in [2.75, 3.05) is 13.2 Å². The number of hydrogen-bond donors (Lipinski definition) is 0. The van der Waals surface area contributed by atoms with Gasteiger partial charge in [-0.05, 0) is 49.7 Å². The number of alkyl halides is 1. The average Bonchev–Trinajstić information content (AvgIpc) is 3.18. The summed E-state index contributed by atoms with van der Waals surface area (Å²) in [5.74, 6) is 0.789. The lowest BCUT2D eigenvalue weighted by Gasteiger charge is -2.24. The molecule has 0 saturated carbocycles. The van der Waals surface area contributed by atoms with E-state index in [2.05, 4.69) is 24.1 Å². The van der Waals surface area contributed by atoms with Crippen molar-refractivity contribution in [3.63, 3.8) is 0 Å². The van der Waals surface area contributed by atoms with Gasteiger partial charge in [0.15, 0.2) is 5.67 Å². The number of halogens is 1. The lowest BCUT2D eigenvalue weighted by molar-refractivity contribution is 0.234. The molecule has 132 valence electrons. The molecular formula is C22H26FNO. The Morgan fingerprint density at radius 2 is 1.76 bits per heavy atom. The minimum Gasteiger partial charge on any atom is -0.494 e. The van der Waals surface area contributed by atoms with Crippen LogP contribution in [0.2, 0.25) is 0 Å². The fraction of sp³-hybridized carbons (Fsp3) is 0.364. The molecule has 0 amide bonds. The maximum atomic E-state index is 15.2. The second-order valence-corrected chi connectivity index (χ2v) is 6.79. The van der Waals surface area contributed by atoms with E-state index in [1.54, 1.807) is 6.92 Å². The van der Waals surface area contributed by atoms with Crippen molar-refractivity contribution in [2.24, 2.45) is 0 Å². The number of ether oxygens (including phenoxy) is 1. The second-order valence-electron chi connectivity index (χ2n) is 6.79. The van der Waals surface area contributed by atoms with E-state index in [-0.39, 0.29) is 0 Å². The normalized spacial score (nSPS) is 17.3. The van der Waals surface area contributed by atoms with E-state index in [1.165, 1.54) is 0 Å². The number of benzene rings is 2. The van der Waals surface area contributed by atoms with Crippen molar-refractivity contribution in [2.45, 2.75) is 38.4 Å². The van der Waals surface area contributed by atoms with Crippen LogP contribution in [-0.2, 0) is 5.67 Å². The maximum Gasteiger partial charge on any atom is 0.158 e. The van der Waals surface area contributed by atoms with Gasteiger partial charge < -0.3 is 9.64 Å². The smallest absolute Gasteiger partial charge is 0.158 e. The van der Waals surface area contributed by atoms with Crippen LogP contribution in [0.15, 0.2) is 66.9 Å². The zero-order valence-electron chi connectivity index (χ0n) is 15.0. The van der Waals surface area contributed by atoms with E-state index in [1.807, 2.05) is 54.6 Å². The van der Waals surface area contributed by atoms with E-state index < -0.39 is 5.67 Å². The van der Waals surface area contributed by atoms with E-state index in [0.29, 0.717) is 23.8 Å². The Bertz CT molecular complexity index is 694. The molecule has 2 aromatic rings. The van der Waals surface area contributed by atoms with Crippen molar-refractivity contribution in [3.05, 3.63) is 78.0 Å². The molecule has 25 heavy (non-hydrogen) atoms. The van der Waals surface area contributed by atoms with Gasteiger partial charge >= 0.3 is 0 Å². The number of hydrogen-bond acceptors (Lipinski definition) is 2. The minimum atomic E-state index is -1.50. The molecule has 0 bridgehead atoms. The van der Waals surface area contributed by atoms with Gasteiger partial charge in [0.05, 0.1) is 6.61 Å². The summed E-state index contributed by atoms with van der Waals surface area (Å²) in [6, 6.07) is 17.1. The van der Waals surface area contributed by atoms with Crippen LogP contribution < -0.4 is 4.74 Å². The van der Waals surface area contributed by atoms with Crippen molar-refractivity contribution in [1.82, 2.24) is 4.90 Å². The molecular weight excluding hydrogens is 313 g/mol. The van der Waals surface area contributed by atoms with E-state index >= 15 is 4.39 Å². The average molecular weight is 339 g/mol. The van der Waals surface area contributed by atoms with Gasteiger partial charge in [0.1, 0.15) is 5.75 Å². The van der Waals surface area contributed by atoms with Gasteiger partial charge in [0.25, 0.3) is 0 Å². The first-order valence-electron chi connectivity index (χ1n) is 8.97. The monoisotopic (exact) mass is 339 g/mol. The standard InChI is InChI=1S/C22H26FNO/c1-18(24-15-6-7-16-24)14-17-25-21-12-10-20(11-13-21)22(2,23)19-8-4-3-5-9-19/h3-6,8-13,15,18H,7,14,16-17H2,1-2H3/t18-,22?/m1/s1. The zero-order valence-corrected chi connectivity index (χ0v) is 15.0. The molecule has 0 saturated heterocycles. The van der Waals surface area contributed by atoms with E-state index in [4.69, 9.17) is 4.74 Å². The topological polar surface area (TPSA) is 12.5 Å². The van der Waals surface area contributed by atoms with Crippen molar-refractivity contribution >= 4 is 0 Å². The zero-order chi connectivity index (χ0) is 17.7. The Balaban J connectivity index is 1.56. The predicted octanol–water partition coefficient (Wildman–Crippen LogP) is 5.30. The quantitative estimate of drug-likeness (QED) is 0.679. The summed E-state index contributed by atoms with van der Waals surface area (Å²) in [6.45, 7) is 5.58. The Morgan fingerprint density at radius 3 is 2.40 bits per heavy atom. The third-order valence-electron chi connectivity index (χ3n) is 4.93. The number of rotatable bonds is 7. The van der Waals surface area contributed by atoms with Crippen LogP contribution in [0.4, 0.5) is 4.39 Å².